The van der Waals surface area contributed by atoms with Gasteiger partial charge in [0.25, 0.3) is 0 Å². The number of nitrogens with zero attached hydrogens (tertiary/aromatic N) is 4. The highest BCUT2D eigenvalue weighted by Gasteiger charge is 2.49. The van der Waals surface area contributed by atoms with Crippen LogP contribution in [0.5, 0.6) is 0 Å². The molecule has 0 unspecified atom stereocenters. The van der Waals surface area contributed by atoms with Gasteiger partial charge >= 0.3 is 0 Å². The average molecular weight is 393 g/mol. The Morgan fingerprint density at radius 3 is 2.73 bits per heavy atom. The Balaban J connectivity index is 1.75. The van der Waals surface area contributed by atoms with Crippen LogP contribution < -0.4 is 4.90 Å². The molecule has 2 aromatic heterocycles. The van der Waals surface area contributed by atoms with E-state index in [0.717, 1.165) is 19.6 Å². The number of aromatic nitrogens is 1. The van der Waals surface area contributed by atoms with E-state index in [1.165, 1.54) is 5.56 Å². The fourth-order valence-corrected chi connectivity index (χ4v) is 6.89. The van der Waals surface area contributed by atoms with Gasteiger partial charge in [0.15, 0.2) is 0 Å². The summed E-state index contributed by atoms with van der Waals surface area (Å²) in [7, 11) is -1.62. The molecule has 2 atom stereocenters. The van der Waals surface area contributed by atoms with Gasteiger partial charge in [-0.2, -0.15) is 15.6 Å². The van der Waals surface area contributed by atoms with Gasteiger partial charge in [0, 0.05) is 38.9 Å². The highest BCUT2D eigenvalue weighted by Crippen LogP contribution is 2.37. The van der Waals surface area contributed by atoms with E-state index in [-0.39, 0.29) is 18.1 Å². The smallest absolute Gasteiger partial charge is 0.247 e. The number of rotatable bonds is 3. The predicted octanol–water partition coefficient (Wildman–Crippen LogP) is 2.25. The van der Waals surface area contributed by atoms with Crippen molar-refractivity contribution in [3.63, 3.8) is 0 Å². The van der Waals surface area contributed by atoms with Crippen molar-refractivity contribution in [1.82, 2.24) is 14.2 Å². The van der Waals surface area contributed by atoms with Crippen molar-refractivity contribution < 1.29 is 8.42 Å². The average Bonchev–Trinajstić information content (AvgIpc) is 3.23. The lowest BCUT2D eigenvalue weighted by Gasteiger charge is -2.34. The molecule has 0 aromatic carbocycles. The van der Waals surface area contributed by atoms with Crippen molar-refractivity contribution >= 4 is 27.2 Å². The Morgan fingerprint density at radius 1 is 1.27 bits per heavy atom. The van der Waals surface area contributed by atoms with Gasteiger partial charge in [-0.25, -0.2) is 13.4 Å². The molecular weight excluding hydrogens is 368 g/mol. The standard InChI is InChI=1S/C18H24N4O2S2/c1-13(2)22-16-11-21(9-14-6-8-25-12-14)10-15(16)20(3)18-17(26(22,23)24)5-4-7-19-18/h4-8,12-13,15-16H,9-11H2,1-3H3/t15-,16-/m1/s1. The molecule has 0 N–H and O–H groups in total. The molecule has 0 spiro atoms. The maximum Gasteiger partial charge on any atom is 0.247 e. The molecular formula is C18H24N4O2S2. The van der Waals surface area contributed by atoms with Gasteiger partial charge in [0.2, 0.25) is 10.0 Å². The lowest BCUT2D eigenvalue weighted by Crippen LogP contribution is -2.52. The minimum absolute atomic E-state index is 0.0851. The molecule has 26 heavy (non-hydrogen) atoms. The van der Waals surface area contributed by atoms with E-state index in [9.17, 15) is 8.42 Å². The third-order valence-electron chi connectivity index (χ3n) is 5.29. The minimum Gasteiger partial charge on any atom is -0.353 e. The second-order valence-corrected chi connectivity index (χ2v) is 9.92. The molecule has 2 aromatic rings. The predicted molar refractivity (Wildman–Crippen MR) is 104 cm³/mol. The number of hydrogen-bond donors (Lipinski definition) is 0. The Hall–Kier alpha value is -1.48. The summed E-state index contributed by atoms with van der Waals surface area (Å²) in [6.45, 7) is 6.32. The van der Waals surface area contributed by atoms with Crippen molar-refractivity contribution in [2.24, 2.45) is 0 Å². The van der Waals surface area contributed by atoms with E-state index in [2.05, 4.69) is 31.6 Å². The number of fused-ring (bicyclic) bond motifs is 2. The normalized spacial score (nSPS) is 25.9. The zero-order chi connectivity index (χ0) is 18.5. The first kappa shape index (κ1) is 17.9. The number of likely N-dealkylation sites (N-methyl/N-ethyl adjacent to an activating group) is 1. The van der Waals surface area contributed by atoms with Crippen LogP contribution in [-0.2, 0) is 16.6 Å². The molecule has 0 radical (unpaired) electrons. The number of anilines is 1. The van der Waals surface area contributed by atoms with Crippen LogP contribution in [0.2, 0.25) is 0 Å². The Bertz CT molecular complexity index is 882. The minimum atomic E-state index is -3.59. The molecule has 2 aliphatic rings. The summed E-state index contributed by atoms with van der Waals surface area (Å²) in [5, 5.41) is 4.24. The van der Waals surface area contributed by atoms with E-state index >= 15 is 0 Å². The van der Waals surface area contributed by atoms with Crippen LogP contribution in [-0.4, -0.2) is 60.9 Å². The number of likely N-dealkylation sites (tertiary alicyclic amines) is 1. The Labute approximate surface area is 159 Å². The zero-order valence-electron chi connectivity index (χ0n) is 15.2. The maximum absolute atomic E-state index is 13.4. The molecule has 6 nitrogen and oxygen atoms in total. The van der Waals surface area contributed by atoms with E-state index in [1.54, 1.807) is 34.0 Å². The summed E-state index contributed by atoms with van der Waals surface area (Å²) in [4.78, 5) is 9.15. The van der Waals surface area contributed by atoms with E-state index in [0.29, 0.717) is 10.7 Å². The number of pyridine rings is 1. The SMILES string of the molecule is CC(C)N1[C@@H]2CN(Cc3ccsc3)C[C@H]2N(C)c2ncccc2S1(=O)=O. The lowest BCUT2D eigenvalue weighted by molar-refractivity contribution is 0.249. The van der Waals surface area contributed by atoms with Crippen LogP contribution >= 0.6 is 11.3 Å². The summed E-state index contributed by atoms with van der Waals surface area (Å²) in [5.41, 5.74) is 1.28. The monoisotopic (exact) mass is 392 g/mol. The molecule has 0 amide bonds. The van der Waals surface area contributed by atoms with Crippen LogP contribution in [0.1, 0.15) is 19.4 Å². The zero-order valence-corrected chi connectivity index (χ0v) is 16.9. The van der Waals surface area contributed by atoms with Crippen LogP contribution in [0.3, 0.4) is 0 Å². The molecule has 0 saturated carbocycles. The van der Waals surface area contributed by atoms with Crippen molar-refractivity contribution in [2.45, 2.75) is 43.4 Å². The van der Waals surface area contributed by atoms with Crippen molar-refractivity contribution in [3.05, 3.63) is 40.7 Å². The first-order valence-electron chi connectivity index (χ1n) is 8.84. The molecule has 1 saturated heterocycles. The number of sulfonamides is 1. The van der Waals surface area contributed by atoms with Crippen molar-refractivity contribution in [2.75, 3.05) is 25.0 Å². The number of thiophene rings is 1. The van der Waals surface area contributed by atoms with Crippen molar-refractivity contribution in [3.8, 4) is 0 Å². The molecule has 8 heteroatoms. The summed E-state index contributed by atoms with van der Waals surface area (Å²) in [6, 6.07) is 5.41. The molecule has 140 valence electrons. The van der Waals surface area contributed by atoms with Gasteiger partial charge in [-0.15, -0.1) is 0 Å². The summed E-state index contributed by atoms with van der Waals surface area (Å²) >= 11 is 1.69. The second kappa shape index (κ2) is 6.60. The fourth-order valence-electron chi connectivity index (χ4n) is 4.21. The summed E-state index contributed by atoms with van der Waals surface area (Å²) in [6.07, 6.45) is 1.67. The molecule has 4 heterocycles. The first-order chi connectivity index (χ1) is 12.4. The van der Waals surface area contributed by atoms with Crippen LogP contribution in [0.15, 0.2) is 40.1 Å². The van der Waals surface area contributed by atoms with Gasteiger partial charge in [-0.05, 0) is 48.4 Å². The summed E-state index contributed by atoms with van der Waals surface area (Å²) < 4.78 is 28.5. The van der Waals surface area contributed by atoms with Crippen LogP contribution in [0, 0.1) is 0 Å². The third kappa shape index (κ3) is 2.85. The van der Waals surface area contributed by atoms with Gasteiger partial charge in [0.1, 0.15) is 10.7 Å². The Kier molecular flexibility index (Phi) is 4.54. The topological polar surface area (TPSA) is 56.8 Å². The van der Waals surface area contributed by atoms with Gasteiger partial charge in [0.05, 0.1) is 12.1 Å². The molecule has 4 rings (SSSR count). The van der Waals surface area contributed by atoms with Crippen LogP contribution in [0.4, 0.5) is 5.82 Å². The molecule has 0 bridgehead atoms. The summed E-state index contributed by atoms with van der Waals surface area (Å²) in [5.74, 6) is 0.558. The van der Waals surface area contributed by atoms with Crippen molar-refractivity contribution in [1.29, 1.82) is 0 Å². The highest BCUT2D eigenvalue weighted by molar-refractivity contribution is 7.89. The lowest BCUT2D eigenvalue weighted by atomic mass is 10.1. The number of hydrogen-bond acceptors (Lipinski definition) is 6. The van der Waals surface area contributed by atoms with Gasteiger partial charge in [-0.1, -0.05) is 0 Å². The molecule has 2 aliphatic heterocycles. The largest absolute Gasteiger partial charge is 0.353 e. The van der Waals surface area contributed by atoms with Gasteiger partial charge in [-0.3, -0.25) is 4.90 Å². The van der Waals surface area contributed by atoms with Crippen LogP contribution in [0.25, 0.3) is 0 Å². The maximum atomic E-state index is 13.4. The van der Waals surface area contributed by atoms with E-state index in [1.807, 2.05) is 20.9 Å². The van der Waals surface area contributed by atoms with E-state index < -0.39 is 10.0 Å². The van der Waals surface area contributed by atoms with Gasteiger partial charge < -0.3 is 4.90 Å². The molecule has 0 aliphatic carbocycles. The highest BCUT2D eigenvalue weighted by atomic mass is 32.2. The first-order valence-corrected chi connectivity index (χ1v) is 11.2. The fraction of sp³-hybridized carbons (Fsp3) is 0.500. The third-order valence-corrected chi connectivity index (χ3v) is 8.15. The molecule has 1 fully saturated rings. The van der Waals surface area contributed by atoms with E-state index in [4.69, 9.17) is 0 Å². The Morgan fingerprint density at radius 2 is 2.04 bits per heavy atom. The second-order valence-electron chi connectivity index (χ2n) is 7.33. The quantitative estimate of drug-likeness (QED) is 0.802.